The lowest BCUT2D eigenvalue weighted by molar-refractivity contribution is 0.666. The van der Waals surface area contributed by atoms with Gasteiger partial charge < -0.3 is 4.90 Å². The maximum Gasteiger partial charge on any atom is 0.0549 e. The Morgan fingerprint density at radius 2 is 0.977 bits per heavy atom. The molecule has 0 fully saturated rings. The Morgan fingerprint density at radius 3 is 1.66 bits per heavy atom. The topological polar surface area (TPSA) is 3.24 Å². The second kappa shape index (κ2) is 10.4. The molecule has 1 nitrogen and oxygen atoms in total. The molecule has 44 heavy (non-hydrogen) atoms. The van der Waals surface area contributed by atoms with Gasteiger partial charge in [0.2, 0.25) is 0 Å². The van der Waals surface area contributed by atoms with E-state index in [9.17, 15) is 0 Å². The minimum atomic E-state index is -0.158. The van der Waals surface area contributed by atoms with Crippen LogP contribution in [0, 0.1) is 0 Å². The van der Waals surface area contributed by atoms with Crippen molar-refractivity contribution in [2.24, 2.45) is 0 Å². The molecule has 7 aromatic carbocycles. The summed E-state index contributed by atoms with van der Waals surface area (Å²) in [5, 5.41) is 2.58. The highest BCUT2D eigenvalue weighted by molar-refractivity contribution is 6.06. The predicted molar refractivity (Wildman–Crippen MR) is 187 cm³/mol. The van der Waals surface area contributed by atoms with Crippen molar-refractivity contribution < 1.29 is 0 Å². The molecule has 1 aliphatic rings. The summed E-state index contributed by atoms with van der Waals surface area (Å²) in [6.07, 6.45) is 0. The molecular weight excluding hydrogens is 530 g/mol. The fraction of sp³-hybridized carbons (Fsp3) is 0.0698. The molecule has 0 heterocycles. The Balaban J connectivity index is 1.41. The first kappa shape index (κ1) is 26.2. The molecule has 0 N–H and O–H groups in total. The summed E-state index contributed by atoms with van der Waals surface area (Å²) >= 11 is 0. The van der Waals surface area contributed by atoms with Crippen LogP contribution in [-0.4, -0.2) is 0 Å². The van der Waals surface area contributed by atoms with Gasteiger partial charge in [0, 0.05) is 22.4 Å². The molecule has 0 atom stereocenters. The van der Waals surface area contributed by atoms with Crippen LogP contribution in [0.25, 0.3) is 44.2 Å². The minimum Gasteiger partial charge on any atom is -0.310 e. The van der Waals surface area contributed by atoms with E-state index in [2.05, 4.69) is 183 Å². The zero-order valence-corrected chi connectivity index (χ0v) is 25.0. The van der Waals surface area contributed by atoms with Crippen LogP contribution in [0.2, 0.25) is 0 Å². The summed E-state index contributed by atoms with van der Waals surface area (Å²) < 4.78 is 0. The van der Waals surface area contributed by atoms with E-state index < -0.39 is 0 Å². The van der Waals surface area contributed by atoms with E-state index in [0.717, 1.165) is 11.4 Å². The molecule has 7 aromatic rings. The normalized spacial score (nSPS) is 13.0. The van der Waals surface area contributed by atoms with Gasteiger partial charge in [0.1, 0.15) is 0 Å². The van der Waals surface area contributed by atoms with Gasteiger partial charge in [0.15, 0.2) is 0 Å². The van der Waals surface area contributed by atoms with E-state index in [0.29, 0.717) is 0 Å². The first-order chi connectivity index (χ1) is 21.6. The van der Waals surface area contributed by atoms with Crippen LogP contribution in [-0.2, 0) is 5.41 Å². The largest absolute Gasteiger partial charge is 0.310 e. The molecule has 1 aliphatic carbocycles. The zero-order valence-electron chi connectivity index (χ0n) is 25.0. The summed E-state index contributed by atoms with van der Waals surface area (Å²) in [5.74, 6) is 0. The van der Waals surface area contributed by atoms with E-state index in [1.807, 2.05) is 0 Å². The van der Waals surface area contributed by atoms with E-state index in [1.54, 1.807) is 0 Å². The number of nitrogens with zero attached hydrogens (tertiary/aromatic N) is 1. The van der Waals surface area contributed by atoms with E-state index in [-0.39, 0.29) is 5.41 Å². The average Bonchev–Trinajstić information content (AvgIpc) is 3.33. The lowest BCUT2D eigenvalue weighted by Gasteiger charge is -2.30. The smallest absolute Gasteiger partial charge is 0.0549 e. The third-order valence-corrected chi connectivity index (χ3v) is 9.21. The second-order valence-electron chi connectivity index (χ2n) is 12.2. The Hall–Kier alpha value is -5.40. The van der Waals surface area contributed by atoms with Crippen LogP contribution in [0.1, 0.15) is 25.0 Å². The van der Waals surface area contributed by atoms with Crippen molar-refractivity contribution in [3.8, 4) is 33.4 Å². The van der Waals surface area contributed by atoms with Crippen LogP contribution in [0.3, 0.4) is 0 Å². The number of hydrogen-bond donors (Lipinski definition) is 0. The molecule has 1 heteroatoms. The first-order valence-electron chi connectivity index (χ1n) is 15.4. The van der Waals surface area contributed by atoms with Crippen molar-refractivity contribution in [1.82, 2.24) is 0 Å². The molecule has 0 bridgehead atoms. The van der Waals surface area contributed by atoms with Gasteiger partial charge in [0.25, 0.3) is 0 Å². The van der Waals surface area contributed by atoms with Crippen molar-refractivity contribution in [3.63, 3.8) is 0 Å². The van der Waals surface area contributed by atoms with Gasteiger partial charge in [-0.05, 0) is 86.1 Å². The minimum absolute atomic E-state index is 0.158. The number of benzene rings is 7. The molecule has 210 valence electrons. The third kappa shape index (κ3) is 4.24. The second-order valence-corrected chi connectivity index (χ2v) is 12.2. The molecule has 0 amide bonds. The van der Waals surface area contributed by atoms with Gasteiger partial charge in [-0.15, -0.1) is 0 Å². The van der Waals surface area contributed by atoms with Gasteiger partial charge in [0.05, 0.1) is 5.69 Å². The summed E-state index contributed by atoms with van der Waals surface area (Å²) in [7, 11) is 0. The molecule has 0 aliphatic heterocycles. The maximum atomic E-state index is 2.44. The van der Waals surface area contributed by atoms with Crippen molar-refractivity contribution in [1.29, 1.82) is 0 Å². The molecule has 0 saturated heterocycles. The van der Waals surface area contributed by atoms with Crippen LogP contribution in [0.15, 0.2) is 164 Å². The quantitative estimate of drug-likeness (QED) is 0.201. The molecule has 0 spiro atoms. The van der Waals surface area contributed by atoms with Crippen LogP contribution in [0.5, 0.6) is 0 Å². The van der Waals surface area contributed by atoms with Gasteiger partial charge >= 0.3 is 0 Å². The molecular formula is C43H33N. The molecule has 0 unspecified atom stereocenters. The number of rotatable bonds is 5. The lowest BCUT2D eigenvalue weighted by Crippen LogP contribution is -2.16. The van der Waals surface area contributed by atoms with E-state index in [4.69, 9.17) is 0 Å². The molecule has 0 saturated carbocycles. The molecule has 0 aromatic heterocycles. The van der Waals surface area contributed by atoms with Crippen LogP contribution >= 0.6 is 0 Å². The van der Waals surface area contributed by atoms with Gasteiger partial charge in [-0.1, -0.05) is 141 Å². The molecule has 0 radical (unpaired) electrons. The van der Waals surface area contributed by atoms with Gasteiger partial charge in [-0.2, -0.15) is 0 Å². The van der Waals surface area contributed by atoms with E-state index in [1.165, 1.54) is 61.0 Å². The van der Waals surface area contributed by atoms with Crippen LogP contribution < -0.4 is 4.90 Å². The fourth-order valence-electron chi connectivity index (χ4n) is 7.11. The summed E-state index contributed by atoms with van der Waals surface area (Å²) in [4.78, 5) is 2.44. The standard InChI is InChI=1S/C43H33N/c1-43(2)39-27-24-33(31-16-8-4-9-17-31)28-38(39)41-40(29-34-18-12-13-21-37(34)42(41)43)44(35-19-10-5-11-20-35)36-25-22-32(23-26-36)30-14-6-3-7-15-30/h3-29H,1-2H3. The van der Waals surface area contributed by atoms with E-state index >= 15 is 0 Å². The Morgan fingerprint density at radius 1 is 0.455 bits per heavy atom. The summed E-state index contributed by atoms with van der Waals surface area (Å²) in [5.41, 5.74) is 13.6. The zero-order chi connectivity index (χ0) is 29.7. The Labute approximate surface area is 259 Å². The highest BCUT2D eigenvalue weighted by Gasteiger charge is 2.40. The predicted octanol–water partition coefficient (Wildman–Crippen LogP) is 11.9. The lowest BCUT2D eigenvalue weighted by atomic mass is 9.80. The molecule has 8 rings (SSSR count). The highest BCUT2D eigenvalue weighted by atomic mass is 15.1. The Bertz CT molecular complexity index is 2110. The third-order valence-electron chi connectivity index (χ3n) is 9.21. The average molecular weight is 564 g/mol. The number of anilines is 3. The Kier molecular flexibility index (Phi) is 6.20. The van der Waals surface area contributed by atoms with Crippen molar-refractivity contribution in [2.45, 2.75) is 19.3 Å². The highest BCUT2D eigenvalue weighted by Crippen LogP contribution is 2.57. The summed E-state index contributed by atoms with van der Waals surface area (Å²) in [6, 6.07) is 59.5. The van der Waals surface area contributed by atoms with Gasteiger partial charge in [-0.25, -0.2) is 0 Å². The number of para-hydroxylation sites is 1. The van der Waals surface area contributed by atoms with Gasteiger partial charge in [-0.3, -0.25) is 0 Å². The number of fused-ring (bicyclic) bond motifs is 5. The van der Waals surface area contributed by atoms with Crippen molar-refractivity contribution in [3.05, 3.63) is 175 Å². The monoisotopic (exact) mass is 563 g/mol. The SMILES string of the molecule is CC1(C)c2ccc(-c3ccccc3)cc2-c2c(N(c3ccccc3)c3ccc(-c4ccccc4)cc3)cc3ccccc3c21. The maximum absolute atomic E-state index is 2.44. The fourth-order valence-corrected chi connectivity index (χ4v) is 7.11. The summed E-state index contributed by atoms with van der Waals surface area (Å²) in [6.45, 7) is 4.77. The van der Waals surface area contributed by atoms with Crippen molar-refractivity contribution >= 4 is 27.8 Å². The van der Waals surface area contributed by atoms with Crippen molar-refractivity contribution in [2.75, 3.05) is 4.90 Å². The first-order valence-corrected chi connectivity index (χ1v) is 15.4. The number of hydrogen-bond acceptors (Lipinski definition) is 1. The van der Waals surface area contributed by atoms with Crippen LogP contribution in [0.4, 0.5) is 17.1 Å².